The average Bonchev–Trinajstić information content (AvgIpc) is 2.59. The van der Waals surface area contributed by atoms with Crippen molar-refractivity contribution in [2.45, 2.75) is 33.0 Å². The largest absolute Gasteiger partial charge is 0.377 e. The summed E-state index contributed by atoms with van der Waals surface area (Å²) in [6, 6.07) is 13.5. The molecule has 0 saturated heterocycles. The van der Waals surface area contributed by atoms with Crippen LogP contribution in [0.4, 0.5) is 9.18 Å². The SMILES string of the molecule is CCOCc1ccccc1CNC(=O)N[C@@H](C)c1ccc(F)cc1. The fourth-order valence-electron chi connectivity index (χ4n) is 2.34. The van der Waals surface area contributed by atoms with Crippen LogP contribution in [0.3, 0.4) is 0 Å². The van der Waals surface area contributed by atoms with Gasteiger partial charge in [0.15, 0.2) is 0 Å². The maximum atomic E-state index is 12.9. The molecule has 1 atom stereocenters. The van der Waals surface area contributed by atoms with E-state index in [9.17, 15) is 9.18 Å². The molecule has 5 heteroatoms. The molecule has 0 heterocycles. The Morgan fingerprint density at radius 1 is 1.12 bits per heavy atom. The number of hydrogen-bond donors (Lipinski definition) is 2. The van der Waals surface area contributed by atoms with Gasteiger partial charge < -0.3 is 15.4 Å². The number of amides is 2. The number of halogens is 1. The molecule has 0 aliphatic carbocycles. The summed E-state index contributed by atoms with van der Waals surface area (Å²) < 4.78 is 18.4. The first-order chi connectivity index (χ1) is 11.6. The van der Waals surface area contributed by atoms with Gasteiger partial charge in [-0.25, -0.2) is 9.18 Å². The van der Waals surface area contributed by atoms with Crippen molar-refractivity contribution >= 4 is 6.03 Å². The van der Waals surface area contributed by atoms with Gasteiger partial charge in [0, 0.05) is 13.2 Å². The Bertz CT molecular complexity index is 659. The molecule has 0 aliphatic rings. The third-order valence-corrected chi connectivity index (χ3v) is 3.74. The van der Waals surface area contributed by atoms with Crippen LogP contribution < -0.4 is 10.6 Å². The topological polar surface area (TPSA) is 50.4 Å². The van der Waals surface area contributed by atoms with Crippen LogP contribution in [0.25, 0.3) is 0 Å². The van der Waals surface area contributed by atoms with Gasteiger partial charge in [0.25, 0.3) is 0 Å². The van der Waals surface area contributed by atoms with Crippen molar-refractivity contribution in [2.75, 3.05) is 6.61 Å². The van der Waals surface area contributed by atoms with Crippen molar-refractivity contribution < 1.29 is 13.9 Å². The summed E-state index contributed by atoms with van der Waals surface area (Å²) in [5.74, 6) is -0.290. The van der Waals surface area contributed by atoms with Gasteiger partial charge in [0.2, 0.25) is 0 Å². The lowest BCUT2D eigenvalue weighted by Crippen LogP contribution is -2.36. The molecule has 128 valence electrons. The highest BCUT2D eigenvalue weighted by Crippen LogP contribution is 2.13. The Labute approximate surface area is 142 Å². The van der Waals surface area contributed by atoms with E-state index in [2.05, 4.69) is 10.6 Å². The Hall–Kier alpha value is -2.40. The van der Waals surface area contributed by atoms with Crippen molar-refractivity contribution in [1.29, 1.82) is 0 Å². The number of urea groups is 1. The molecule has 0 fully saturated rings. The smallest absolute Gasteiger partial charge is 0.315 e. The quantitative estimate of drug-likeness (QED) is 0.808. The fourth-order valence-corrected chi connectivity index (χ4v) is 2.34. The summed E-state index contributed by atoms with van der Waals surface area (Å²) in [6.45, 7) is 5.41. The highest BCUT2D eigenvalue weighted by atomic mass is 19.1. The van der Waals surface area contributed by atoms with Gasteiger partial charge in [0.05, 0.1) is 12.6 Å². The molecular formula is C19H23FN2O2. The van der Waals surface area contributed by atoms with Gasteiger partial charge in [-0.15, -0.1) is 0 Å². The predicted octanol–water partition coefficient (Wildman–Crippen LogP) is 3.92. The average molecular weight is 330 g/mol. The van der Waals surface area contributed by atoms with E-state index in [1.807, 2.05) is 38.1 Å². The molecule has 2 rings (SSSR count). The first-order valence-corrected chi connectivity index (χ1v) is 8.04. The Balaban J connectivity index is 1.88. The molecule has 2 amide bonds. The highest BCUT2D eigenvalue weighted by molar-refractivity contribution is 5.74. The van der Waals surface area contributed by atoms with E-state index in [-0.39, 0.29) is 17.9 Å². The lowest BCUT2D eigenvalue weighted by molar-refractivity contribution is 0.133. The molecule has 2 N–H and O–H groups in total. The van der Waals surface area contributed by atoms with Gasteiger partial charge in [-0.05, 0) is 42.7 Å². The van der Waals surface area contributed by atoms with Crippen LogP contribution in [0.5, 0.6) is 0 Å². The number of carbonyl (C=O) groups excluding carboxylic acids is 1. The number of benzene rings is 2. The molecule has 0 unspecified atom stereocenters. The van der Waals surface area contributed by atoms with Crippen molar-refractivity contribution in [1.82, 2.24) is 10.6 Å². The minimum atomic E-state index is -0.290. The second-order valence-electron chi connectivity index (χ2n) is 5.51. The summed E-state index contributed by atoms with van der Waals surface area (Å²) in [7, 11) is 0. The molecule has 2 aromatic carbocycles. The van der Waals surface area contributed by atoms with Crippen molar-refractivity contribution in [3.8, 4) is 0 Å². The van der Waals surface area contributed by atoms with E-state index in [0.29, 0.717) is 19.8 Å². The zero-order valence-electron chi connectivity index (χ0n) is 14.0. The zero-order chi connectivity index (χ0) is 17.4. The molecule has 0 aliphatic heterocycles. The second kappa shape index (κ2) is 9.03. The predicted molar refractivity (Wildman–Crippen MR) is 92.0 cm³/mol. The van der Waals surface area contributed by atoms with Crippen LogP contribution in [0, 0.1) is 5.82 Å². The first-order valence-electron chi connectivity index (χ1n) is 8.04. The molecule has 0 saturated carbocycles. The lowest BCUT2D eigenvalue weighted by atomic mass is 10.1. The second-order valence-corrected chi connectivity index (χ2v) is 5.51. The highest BCUT2D eigenvalue weighted by Gasteiger charge is 2.10. The van der Waals surface area contributed by atoms with Gasteiger partial charge in [-0.3, -0.25) is 0 Å². The van der Waals surface area contributed by atoms with Crippen LogP contribution in [0.15, 0.2) is 48.5 Å². The minimum absolute atomic E-state index is 0.204. The Morgan fingerprint density at radius 3 is 2.46 bits per heavy atom. The molecule has 24 heavy (non-hydrogen) atoms. The summed E-state index contributed by atoms with van der Waals surface area (Å²) in [5.41, 5.74) is 2.94. The first kappa shape index (κ1) is 17.9. The van der Waals surface area contributed by atoms with Crippen LogP contribution in [-0.4, -0.2) is 12.6 Å². The standard InChI is InChI=1S/C19H23FN2O2/c1-3-24-13-17-7-5-4-6-16(17)12-21-19(23)22-14(2)15-8-10-18(20)11-9-15/h4-11,14H,3,12-13H2,1-2H3,(H2,21,22,23)/t14-/m0/s1. The van der Waals surface area contributed by atoms with Gasteiger partial charge in [-0.2, -0.15) is 0 Å². The lowest BCUT2D eigenvalue weighted by Gasteiger charge is -2.16. The Kier molecular flexibility index (Phi) is 6.75. The molecule has 0 spiro atoms. The maximum Gasteiger partial charge on any atom is 0.315 e. The normalized spacial score (nSPS) is 11.8. The number of carbonyl (C=O) groups is 1. The Morgan fingerprint density at radius 2 is 1.79 bits per heavy atom. The van der Waals surface area contributed by atoms with Crippen LogP contribution in [0.2, 0.25) is 0 Å². The molecule has 0 aromatic heterocycles. The summed E-state index contributed by atoms with van der Waals surface area (Å²) >= 11 is 0. The van der Waals surface area contributed by atoms with E-state index >= 15 is 0 Å². The van der Waals surface area contributed by atoms with Gasteiger partial charge in [-0.1, -0.05) is 36.4 Å². The number of rotatable bonds is 7. The van der Waals surface area contributed by atoms with Crippen LogP contribution in [-0.2, 0) is 17.9 Å². The minimum Gasteiger partial charge on any atom is -0.377 e. The monoisotopic (exact) mass is 330 g/mol. The number of ether oxygens (including phenoxy) is 1. The van der Waals surface area contributed by atoms with Crippen molar-refractivity contribution in [3.05, 3.63) is 71.0 Å². The van der Waals surface area contributed by atoms with Gasteiger partial charge in [0.1, 0.15) is 5.82 Å². The van der Waals surface area contributed by atoms with Crippen molar-refractivity contribution in [2.24, 2.45) is 0 Å². The summed E-state index contributed by atoms with van der Waals surface area (Å²) in [5, 5.41) is 5.69. The van der Waals surface area contributed by atoms with E-state index < -0.39 is 0 Å². The third kappa shape index (κ3) is 5.35. The van der Waals surface area contributed by atoms with E-state index in [1.165, 1.54) is 12.1 Å². The molecule has 0 radical (unpaired) electrons. The van der Waals surface area contributed by atoms with Crippen molar-refractivity contribution in [3.63, 3.8) is 0 Å². The van der Waals surface area contributed by atoms with E-state index in [0.717, 1.165) is 16.7 Å². The van der Waals surface area contributed by atoms with Crippen LogP contribution >= 0.6 is 0 Å². The van der Waals surface area contributed by atoms with Gasteiger partial charge >= 0.3 is 6.03 Å². The molecule has 2 aromatic rings. The fraction of sp³-hybridized carbons (Fsp3) is 0.316. The van der Waals surface area contributed by atoms with Crippen LogP contribution in [0.1, 0.15) is 36.6 Å². The number of hydrogen-bond acceptors (Lipinski definition) is 2. The summed E-state index contributed by atoms with van der Waals surface area (Å²) in [4.78, 5) is 12.1. The number of nitrogens with one attached hydrogen (secondary N) is 2. The van der Waals surface area contributed by atoms with E-state index in [1.54, 1.807) is 12.1 Å². The zero-order valence-corrected chi connectivity index (χ0v) is 14.0. The molecule has 4 nitrogen and oxygen atoms in total. The maximum absolute atomic E-state index is 12.9. The third-order valence-electron chi connectivity index (χ3n) is 3.74. The molecule has 0 bridgehead atoms. The molecular weight excluding hydrogens is 307 g/mol. The van der Waals surface area contributed by atoms with E-state index in [4.69, 9.17) is 4.74 Å². The summed E-state index contributed by atoms with van der Waals surface area (Å²) in [6.07, 6.45) is 0.